The van der Waals surface area contributed by atoms with Crippen LogP contribution in [0.5, 0.6) is 0 Å². The van der Waals surface area contributed by atoms with Crippen LogP contribution in [0.1, 0.15) is 36.1 Å². The molecule has 3 atom stereocenters. The summed E-state index contributed by atoms with van der Waals surface area (Å²) in [5.41, 5.74) is 1.51. The van der Waals surface area contributed by atoms with Crippen LogP contribution in [0.4, 0.5) is 4.39 Å². The van der Waals surface area contributed by atoms with Crippen LogP contribution >= 0.6 is 23.2 Å². The summed E-state index contributed by atoms with van der Waals surface area (Å²) in [6.07, 6.45) is 1.43. The quantitative estimate of drug-likeness (QED) is 0.767. The normalized spacial score (nSPS) is 23.7. The molecule has 0 spiro atoms. The molecule has 1 saturated carbocycles. The number of carbonyl (C=O) groups excluding carboxylic acids is 1. The van der Waals surface area contributed by atoms with Crippen LogP contribution in [0.25, 0.3) is 0 Å². The van der Waals surface area contributed by atoms with E-state index < -0.39 is 18.0 Å². The van der Waals surface area contributed by atoms with Crippen molar-refractivity contribution in [2.45, 2.75) is 31.0 Å². The van der Waals surface area contributed by atoms with Crippen molar-refractivity contribution in [3.8, 4) is 0 Å². The molecule has 3 unspecified atom stereocenters. The van der Waals surface area contributed by atoms with Crippen molar-refractivity contribution >= 4 is 29.1 Å². The Balaban J connectivity index is 1.80. The molecule has 1 aliphatic carbocycles. The van der Waals surface area contributed by atoms with Crippen molar-refractivity contribution in [2.75, 3.05) is 13.2 Å². The first-order valence-electron chi connectivity index (χ1n) is 9.23. The lowest BCUT2D eigenvalue weighted by molar-refractivity contribution is -0.165. The second-order valence-electron chi connectivity index (χ2n) is 7.29. The Labute approximate surface area is 172 Å². The number of aliphatic hydroxyl groups excluding tert-OH is 1. The topological polar surface area (TPSA) is 49.8 Å². The zero-order valence-electron chi connectivity index (χ0n) is 15.0. The van der Waals surface area contributed by atoms with Gasteiger partial charge in [0.2, 0.25) is 5.91 Å². The maximum Gasteiger partial charge on any atom is 0.249 e. The Morgan fingerprint density at radius 2 is 1.82 bits per heavy atom. The van der Waals surface area contributed by atoms with E-state index in [1.807, 2.05) is 12.1 Å². The van der Waals surface area contributed by atoms with Crippen molar-refractivity contribution in [3.05, 3.63) is 69.5 Å². The lowest BCUT2D eigenvalue weighted by Gasteiger charge is -2.45. The summed E-state index contributed by atoms with van der Waals surface area (Å²) in [6.45, 7) is -0.218. The van der Waals surface area contributed by atoms with Crippen LogP contribution in [-0.4, -0.2) is 35.2 Å². The molecule has 28 heavy (non-hydrogen) atoms. The van der Waals surface area contributed by atoms with Gasteiger partial charge in [0.15, 0.2) is 0 Å². The second-order valence-corrected chi connectivity index (χ2v) is 8.13. The number of nitrogens with zero attached hydrogens (tertiary/aromatic N) is 1. The van der Waals surface area contributed by atoms with Gasteiger partial charge in [0, 0.05) is 5.02 Å². The molecule has 2 fully saturated rings. The van der Waals surface area contributed by atoms with Gasteiger partial charge in [0.05, 0.1) is 23.7 Å². The summed E-state index contributed by atoms with van der Waals surface area (Å²) in [5.74, 6) is -0.405. The summed E-state index contributed by atoms with van der Waals surface area (Å²) in [5, 5.41) is 10.6. The minimum absolute atomic E-state index is 0.000284. The molecule has 4 rings (SSSR count). The molecular formula is C21H20Cl2FNO3. The predicted molar refractivity (Wildman–Crippen MR) is 105 cm³/mol. The lowest BCUT2D eigenvalue weighted by atomic mass is 9.90. The third-order valence-corrected chi connectivity index (χ3v) is 6.00. The number of ether oxygens (including phenoxy) is 1. The number of halogens is 3. The lowest BCUT2D eigenvalue weighted by Crippen LogP contribution is -2.52. The minimum atomic E-state index is -0.537. The number of aliphatic hydroxyl groups is 1. The summed E-state index contributed by atoms with van der Waals surface area (Å²) >= 11 is 12.0. The van der Waals surface area contributed by atoms with E-state index in [1.165, 1.54) is 12.1 Å². The average Bonchev–Trinajstić information content (AvgIpc) is 3.52. The molecular weight excluding hydrogens is 404 g/mol. The number of hydrogen-bond acceptors (Lipinski definition) is 3. The van der Waals surface area contributed by atoms with E-state index in [9.17, 15) is 14.3 Å². The third kappa shape index (κ3) is 3.77. The molecule has 0 radical (unpaired) electrons. The Bertz CT molecular complexity index is 872. The Morgan fingerprint density at radius 3 is 2.43 bits per heavy atom. The maximum atomic E-state index is 13.7. The zero-order chi connectivity index (χ0) is 19.8. The minimum Gasteiger partial charge on any atom is -0.394 e. The summed E-state index contributed by atoms with van der Waals surface area (Å²) < 4.78 is 19.6. The average molecular weight is 424 g/mol. The van der Waals surface area contributed by atoms with Gasteiger partial charge in [-0.2, -0.15) is 0 Å². The molecule has 1 amide bonds. The van der Waals surface area contributed by atoms with Gasteiger partial charge in [0.1, 0.15) is 18.5 Å². The van der Waals surface area contributed by atoms with Crippen molar-refractivity contribution in [1.82, 2.24) is 4.90 Å². The molecule has 2 aromatic carbocycles. The highest BCUT2D eigenvalue weighted by Crippen LogP contribution is 2.46. The first-order valence-corrected chi connectivity index (χ1v) is 9.99. The molecule has 148 valence electrons. The SMILES string of the molecule is O=C1COC(c2ccc(F)c(Cl)c2)C(c2ccc(Cl)cc2)N1C(CO)C1CC1. The summed E-state index contributed by atoms with van der Waals surface area (Å²) in [4.78, 5) is 14.6. The number of rotatable bonds is 5. The van der Waals surface area contributed by atoms with Crippen LogP contribution in [0.2, 0.25) is 10.0 Å². The second kappa shape index (κ2) is 7.99. The molecule has 0 bridgehead atoms. The van der Waals surface area contributed by atoms with Crippen molar-refractivity contribution in [2.24, 2.45) is 5.92 Å². The molecule has 2 aliphatic rings. The summed E-state index contributed by atoms with van der Waals surface area (Å²) in [7, 11) is 0. The fourth-order valence-corrected chi connectivity index (χ4v) is 4.24. The van der Waals surface area contributed by atoms with Crippen molar-refractivity contribution < 1.29 is 19.0 Å². The molecule has 1 N–H and O–H groups in total. The standard InChI is InChI=1S/C21H20Cl2FNO3/c22-15-6-3-13(4-7-15)20-21(14-5-8-17(24)16(23)9-14)28-11-19(27)25(20)18(10-26)12-1-2-12/h3-9,12,18,20-21,26H,1-2,10-11H2. The number of morpholine rings is 1. The van der Waals surface area contributed by atoms with Gasteiger partial charge in [-0.3, -0.25) is 4.79 Å². The highest BCUT2D eigenvalue weighted by atomic mass is 35.5. The van der Waals surface area contributed by atoms with Crippen LogP contribution in [0.3, 0.4) is 0 Å². The number of benzene rings is 2. The van der Waals surface area contributed by atoms with Crippen LogP contribution in [0, 0.1) is 11.7 Å². The van der Waals surface area contributed by atoms with Gasteiger partial charge >= 0.3 is 0 Å². The molecule has 7 heteroatoms. The monoisotopic (exact) mass is 423 g/mol. The van der Waals surface area contributed by atoms with Gasteiger partial charge in [-0.1, -0.05) is 41.4 Å². The van der Waals surface area contributed by atoms with Gasteiger partial charge in [0.25, 0.3) is 0 Å². The molecule has 4 nitrogen and oxygen atoms in total. The number of hydrogen-bond donors (Lipinski definition) is 1. The molecule has 1 heterocycles. The van der Waals surface area contributed by atoms with Gasteiger partial charge < -0.3 is 14.7 Å². The highest BCUT2D eigenvalue weighted by Gasteiger charge is 2.46. The first-order chi connectivity index (χ1) is 13.5. The number of amides is 1. The van der Waals surface area contributed by atoms with Gasteiger partial charge in [-0.25, -0.2) is 4.39 Å². The van der Waals surface area contributed by atoms with Crippen LogP contribution in [-0.2, 0) is 9.53 Å². The smallest absolute Gasteiger partial charge is 0.249 e. The predicted octanol–water partition coefficient (Wildman–Crippen LogP) is 4.54. The Kier molecular flexibility index (Phi) is 5.61. The van der Waals surface area contributed by atoms with Crippen molar-refractivity contribution in [3.63, 3.8) is 0 Å². The molecule has 1 saturated heterocycles. The van der Waals surface area contributed by atoms with E-state index in [-0.39, 0.29) is 36.1 Å². The fraction of sp³-hybridized carbons (Fsp3) is 0.381. The van der Waals surface area contributed by atoms with Crippen molar-refractivity contribution in [1.29, 1.82) is 0 Å². The highest BCUT2D eigenvalue weighted by molar-refractivity contribution is 6.31. The van der Waals surface area contributed by atoms with Gasteiger partial charge in [-0.05, 0) is 54.2 Å². The van der Waals surface area contributed by atoms with E-state index >= 15 is 0 Å². The van der Waals surface area contributed by atoms with Crippen LogP contribution < -0.4 is 0 Å². The van der Waals surface area contributed by atoms with E-state index in [1.54, 1.807) is 23.1 Å². The Morgan fingerprint density at radius 1 is 1.14 bits per heavy atom. The zero-order valence-corrected chi connectivity index (χ0v) is 16.5. The van der Waals surface area contributed by atoms with Crippen LogP contribution in [0.15, 0.2) is 42.5 Å². The number of carbonyl (C=O) groups is 1. The first kappa shape index (κ1) is 19.6. The largest absolute Gasteiger partial charge is 0.394 e. The van der Waals surface area contributed by atoms with E-state index in [0.29, 0.717) is 10.6 Å². The van der Waals surface area contributed by atoms with E-state index in [0.717, 1.165) is 18.4 Å². The molecule has 0 aromatic heterocycles. The van der Waals surface area contributed by atoms with E-state index in [4.69, 9.17) is 27.9 Å². The van der Waals surface area contributed by atoms with Gasteiger partial charge in [-0.15, -0.1) is 0 Å². The fourth-order valence-electron chi connectivity index (χ4n) is 3.93. The maximum absolute atomic E-state index is 13.7. The summed E-state index contributed by atoms with van der Waals surface area (Å²) in [6, 6.07) is 10.9. The molecule has 1 aliphatic heterocycles. The van der Waals surface area contributed by atoms with E-state index in [2.05, 4.69) is 0 Å². The third-order valence-electron chi connectivity index (χ3n) is 5.46. The molecule has 2 aromatic rings. The Hall–Kier alpha value is -1.66.